The zero-order valence-corrected chi connectivity index (χ0v) is 12.6. The molecule has 20 heavy (non-hydrogen) atoms. The van der Waals surface area contributed by atoms with E-state index in [4.69, 9.17) is 27.9 Å². The molecule has 5 heteroatoms. The number of halogens is 2. The van der Waals surface area contributed by atoms with Crippen LogP contribution in [0.5, 0.6) is 0 Å². The van der Waals surface area contributed by atoms with Gasteiger partial charge >= 0.3 is 5.97 Å². The van der Waals surface area contributed by atoms with E-state index in [1.54, 1.807) is 24.3 Å². The number of rotatable bonds is 3. The third kappa shape index (κ3) is 3.71. The van der Waals surface area contributed by atoms with Gasteiger partial charge in [-0.3, -0.25) is 0 Å². The van der Waals surface area contributed by atoms with Gasteiger partial charge in [0.25, 0.3) is 0 Å². The molecule has 0 fully saturated rings. The number of benzene rings is 1. The van der Waals surface area contributed by atoms with Crippen molar-refractivity contribution in [2.75, 3.05) is 0 Å². The predicted molar refractivity (Wildman–Crippen MR) is 79.3 cm³/mol. The van der Waals surface area contributed by atoms with Gasteiger partial charge in [-0.05, 0) is 38.1 Å². The summed E-state index contributed by atoms with van der Waals surface area (Å²) in [5.74, 6) is -0.408. The first-order valence-corrected chi connectivity index (χ1v) is 6.77. The van der Waals surface area contributed by atoms with Gasteiger partial charge in [0.15, 0.2) is 0 Å². The highest BCUT2D eigenvalue weighted by Gasteiger charge is 2.11. The molecule has 0 atom stereocenters. The molecule has 1 aromatic carbocycles. The highest BCUT2D eigenvalue weighted by Crippen LogP contribution is 2.18. The summed E-state index contributed by atoms with van der Waals surface area (Å²) in [6.45, 7) is 3.85. The van der Waals surface area contributed by atoms with E-state index >= 15 is 0 Å². The van der Waals surface area contributed by atoms with Crippen molar-refractivity contribution in [1.82, 2.24) is 4.98 Å². The Bertz CT molecular complexity index is 636. The molecule has 0 aliphatic carbocycles. The van der Waals surface area contributed by atoms with E-state index in [2.05, 4.69) is 4.98 Å². The van der Waals surface area contributed by atoms with Crippen molar-refractivity contribution in [1.29, 1.82) is 0 Å². The van der Waals surface area contributed by atoms with Gasteiger partial charge in [0.1, 0.15) is 11.8 Å². The summed E-state index contributed by atoms with van der Waals surface area (Å²) >= 11 is 11.7. The fourth-order valence-corrected chi connectivity index (χ4v) is 2.19. The summed E-state index contributed by atoms with van der Waals surface area (Å²) in [6, 6.07) is 8.76. The summed E-state index contributed by atoms with van der Waals surface area (Å²) in [7, 11) is 0. The van der Waals surface area contributed by atoms with Crippen molar-refractivity contribution in [2.24, 2.45) is 0 Å². The van der Waals surface area contributed by atoms with Crippen LogP contribution in [-0.2, 0) is 11.3 Å². The molecule has 0 radical (unpaired) electrons. The van der Waals surface area contributed by atoms with Crippen LogP contribution in [0.2, 0.25) is 10.2 Å². The molecule has 0 N–H and O–H groups in total. The molecule has 0 spiro atoms. The standard InChI is InChI=1S/C15H13Cl2NO2/c1-9-5-10(2)7-11(6-9)15(19)20-8-13-12(16)3-4-14(17)18-13/h3-7H,8H2,1-2H3. The molecule has 1 aromatic heterocycles. The lowest BCUT2D eigenvalue weighted by molar-refractivity contribution is 0.0467. The van der Waals surface area contributed by atoms with Crippen molar-refractivity contribution in [3.05, 3.63) is 62.9 Å². The summed E-state index contributed by atoms with van der Waals surface area (Å²) in [4.78, 5) is 16.0. The van der Waals surface area contributed by atoms with Crippen molar-refractivity contribution in [2.45, 2.75) is 20.5 Å². The van der Waals surface area contributed by atoms with Crippen LogP contribution in [0.15, 0.2) is 30.3 Å². The normalized spacial score (nSPS) is 10.4. The Balaban J connectivity index is 2.10. The third-order valence-corrected chi connectivity index (χ3v) is 3.24. The number of esters is 1. The fourth-order valence-electron chi connectivity index (χ4n) is 1.87. The zero-order valence-electron chi connectivity index (χ0n) is 11.1. The van der Waals surface area contributed by atoms with E-state index in [9.17, 15) is 4.79 Å². The number of ether oxygens (including phenoxy) is 1. The third-order valence-electron chi connectivity index (χ3n) is 2.68. The van der Waals surface area contributed by atoms with Crippen molar-refractivity contribution in [3.63, 3.8) is 0 Å². The van der Waals surface area contributed by atoms with Gasteiger partial charge in [0.05, 0.1) is 16.3 Å². The average Bonchev–Trinajstić information content (AvgIpc) is 2.38. The molecule has 0 saturated heterocycles. The molecule has 0 aliphatic heterocycles. The average molecular weight is 310 g/mol. The summed E-state index contributed by atoms with van der Waals surface area (Å²) < 4.78 is 5.22. The fraction of sp³-hybridized carbons (Fsp3) is 0.200. The molecule has 0 bridgehead atoms. The lowest BCUT2D eigenvalue weighted by Crippen LogP contribution is -2.07. The summed E-state index contributed by atoms with van der Waals surface area (Å²) in [5, 5.41) is 0.731. The molecule has 2 rings (SSSR count). The van der Waals surface area contributed by atoms with E-state index < -0.39 is 5.97 Å². The minimum absolute atomic E-state index is 0.00871. The van der Waals surface area contributed by atoms with E-state index in [0.717, 1.165) is 11.1 Å². The Morgan fingerprint density at radius 2 is 1.80 bits per heavy atom. The van der Waals surface area contributed by atoms with Crippen molar-refractivity contribution >= 4 is 29.2 Å². The topological polar surface area (TPSA) is 39.2 Å². The highest BCUT2D eigenvalue weighted by molar-refractivity contribution is 6.32. The molecular formula is C15H13Cl2NO2. The van der Waals surface area contributed by atoms with Crippen LogP contribution in [0.25, 0.3) is 0 Å². The van der Waals surface area contributed by atoms with Crippen LogP contribution in [-0.4, -0.2) is 11.0 Å². The van der Waals surface area contributed by atoms with Crippen LogP contribution in [0.1, 0.15) is 27.2 Å². The molecule has 0 amide bonds. The minimum Gasteiger partial charge on any atom is -0.456 e. The first kappa shape index (κ1) is 14.8. The zero-order chi connectivity index (χ0) is 14.7. The molecule has 2 aromatic rings. The number of nitrogens with zero attached hydrogens (tertiary/aromatic N) is 1. The van der Waals surface area contributed by atoms with Crippen molar-refractivity contribution in [3.8, 4) is 0 Å². The molecule has 1 heterocycles. The van der Waals surface area contributed by atoms with Gasteiger partial charge in [-0.25, -0.2) is 9.78 Å². The Kier molecular flexibility index (Phi) is 4.63. The summed E-state index contributed by atoms with van der Waals surface area (Å²) in [6.07, 6.45) is 0. The first-order chi connectivity index (χ1) is 9.45. The number of carbonyl (C=O) groups excluding carboxylic acids is 1. The largest absolute Gasteiger partial charge is 0.456 e. The second kappa shape index (κ2) is 6.25. The smallest absolute Gasteiger partial charge is 0.338 e. The minimum atomic E-state index is -0.408. The maximum absolute atomic E-state index is 12.0. The molecule has 0 unspecified atom stereocenters. The monoisotopic (exact) mass is 309 g/mol. The Morgan fingerprint density at radius 1 is 1.15 bits per heavy atom. The van der Waals surface area contributed by atoms with E-state index in [0.29, 0.717) is 21.4 Å². The second-order valence-corrected chi connectivity index (χ2v) is 5.31. The van der Waals surface area contributed by atoms with E-state index in [1.165, 1.54) is 0 Å². The van der Waals surface area contributed by atoms with Gasteiger partial charge < -0.3 is 4.74 Å². The predicted octanol–water partition coefficient (Wildman–Crippen LogP) is 4.36. The maximum atomic E-state index is 12.0. The number of pyridine rings is 1. The Labute approximate surface area is 127 Å². The molecule has 0 aliphatic rings. The summed E-state index contributed by atoms with van der Waals surface area (Å²) in [5.41, 5.74) is 2.98. The van der Waals surface area contributed by atoms with Crippen LogP contribution in [0.3, 0.4) is 0 Å². The van der Waals surface area contributed by atoms with Crippen LogP contribution < -0.4 is 0 Å². The van der Waals surface area contributed by atoms with E-state index in [-0.39, 0.29) is 6.61 Å². The molecule has 104 valence electrons. The van der Waals surface area contributed by atoms with Gasteiger partial charge in [0.2, 0.25) is 0 Å². The second-order valence-electron chi connectivity index (χ2n) is 4.52. The Hall–Kier alpha value is -1.58. The molecule has 3 nitrogen and oxygen atoms in total. The van der Waals surface area contributed by atoms with Crippen LogP contribution in [0.4, 0.5) is 0 Å². The lowest BCUT2D eigenvalue weighted by atomic mass is 10.1. The van der Waals surface area contributed by atoms with Gasteiger partial charge in [-0.1, -0.05) is 40.4 Å². The van der Waals surface area contributed by atoms with Gasteiger partial charge in [0, 0.05) is 0 Å². The van der Waals surface area contributed by atoms with Crippen LogP contribution >= 0.6 is 23.2 Å². The maximum Gasteiger partial charge on any atom is 0.338 e. The quantitative estimate of drug-likeness (QED) is 0.624. The number of carbonyl (C=O) groups is 1. The molecular weight excluding hydrogens is 297 g/mol. The molecule has 0 saturated carbocycles. The van der Waals surface area contributed by atoms with Gasteiger partial charge in [-0.2, -0.15) is 0 Å². The number of hydrogen-bond donors (Lipinski definition) is 0. The number of aromatic nitrogens is 1. The highest BCUT2D eigenvalue weighted by atomic mass is 35.5. The van der Waals surface area contributed by atoms with Crippen LogP contribution in [0, 0.1) is 13.8 Å². The lowest BCUT2D eigenvalue weighted by Gasteiger charge is -2.07. The van der Waals surface area contributed by atoms with E-state index in [1.807, 2.05) is 19.9 Å². The number of aryl methyl sites for hydroxylation is 2. The number of hydrogen-bond acceptors (Lipinski definition) is 3. The Morgan fingerprint density at radius 3 is 2.45 bits per heavy atom. The van der Waals surface area contributed by atoms with Gasteiger partial charge in [-0.15, -0.1) is 0 Å². The first-order valence-electron chi connectivity index (χ1n) is 6.02. The van der Waals surface area contributed by atoms with Crippen molar-refractivity contribution < 1.29 is 9.53 Å². The SMILES string of the molecule is Cc1cc(C)cc(C(=O)OCc2nc(Cl)ccc2Cl)c1.